The van der Waals surface area contributed by atoms with Crippen LogP contribution in [0.4, 0.5) is 4.39 Å². The topological polar surface area (TPSA) is 35.2 Å². The van der Waals surface area contributed by atoms with Gasteiger partial charge in [-0.25, -0.2) is 4.39 Å². The largest absolute Gasteiger partial charge is 0.497 e. The Labute approximate surface area is 134 Å². The van der Waals surface area contributed by atoms with Crippen molar-refractivity contribution >= 4 is 31.9 Å². The molecule has 0 radical (unpaired) electrons. The van der Waals surface area contributed by atoms with Crippen LogP contribution in [0.5, 0.6) is 5.75 Å². The molecule has 106 valence electrons. The molecule has 0 saturated heterocycles. The quantitative estimate of drug-likeness (QED) is 0.810. The summed E-state index contributed by atoms with van der Waals surface area (Å²) in [4.78, 5) is 0. The molecular formula is C15H14Br2FNO. The van der Waals surface area contributed by atoms with E-state index < -0.39 is 0 Å². The zero-order valence-electron chi connectivity index (χ0n) is 10.9. The summed E-state index contributed by atoms with van der Waals surface area (Å²) >= 11 is 6.81. The monoisotopic (exact) mass is 401 g/mol. The minimum atomic E-state index is -0.316. The van der Waals surface area contributed by atoms with E-state index in [-0.39, 0.29) is 11.9 Å². The predicted octanol–water partition coefficient (Wildman–Crippen LogP) is 4.60. The van der Waals surface area contributed by atoms with Crippen LogP contribution in [0.2, 0.25) is 0 Å². The number of hydrogen-bond acceptors (Lipinski definition) is 2. The zero-order valence-corrected chi connectivity index (χ0v) is 14.0. The molecule has 0 aliphatic heterocycles. The van der Waals surface area contributed by atoms with Gasteiger partial charge in [-0.1, -0.05) is 31.9 Å². The number of ether oxygens (including phenoxy) is 1. The summed E-state index contributed by atoms with van der Waals surface area (Å²) in [6, 6.07) is 10.1. The van der Waals surface area contributed by atoms with Crippen molar-refractivity contribution in [1.29, 1.82) is 0 Å². The van der Waals surface area contributed by atoms with Gasteiger partial charge in [0.15, 0.2) is 0 Å². The van der Waals surface area contributed by atoms with Crippen molar-refractivity contribution in [3.63, 3.8) is 0 Å². The number of hydrogen-bond donors (Lipinski definition) is 1. The summed E-state index contributed by atoms with van der Waals surface area (Å²) in [7, 11) is 1.60. The summed E-state index contributed by atoms with van der Waals surface area (Å²) in [5.41, 5.74) is 7.68. The third-order valence-corrected chi connectivity index (χ3v) is 4.27. The predicted molar refractivity (Wildman–Crippen MR) is 85.4 cm³/mol. The number of benzene rings is 2. The van der Waals surface area contributed by atoms with E-state index in [1.54, 1.807) is 19.2 Å². The van der Waals surface area contributed by atoms with E-state index in [9.17, 15) is 4.39 Å². The molecule has 0 heterocycles. The zero-order chi connectivity index (χ0) is 14.7. The van der Waals surface area contributed by atoms with Crippen LogP contribution in [-0.2, 0) is 6.42 Å². The van der Waals surface area contributed by atoms with Gasteiger partial charge in [0.25, 0.3) is 0 Å². The SMILES string of the molecule is COc1ccc(Br)c(C(N)Cc2cc(Br)ccc2F)c1. The highest BCUT2D eigenvalue weighted by Crippen LogP contribution is 2.29. The smallest absolute Gasteiger partial charge is 0.126 e. The molecular weight excluding hydrogens is 389 g/mol. The molecule has 1 atom stereocenters. The lowest BCUT2D eigenvalue weighted by Crippen LogP contribution is -2.15. The minimum absolute atomic E-state index is 0.248. The summed E-state index contributed by atoms with van der Waals surface area (Å²) in [5, 5.41) is 0. The molecule has 0 aromatic heterocycles. The number of nitrogens with two attached hydrogens (primary N) is 1. The molecule has 0 fully saturated rings. The third kappa shape index (κ3) is 3.59. The lowest BCUT2D eigenvalue weighted by Gasteiger charge is -2.16. The van der Waals surface area contributed by atoms with Gasteiger partial charge in [-0.3, -0.25) is 0 Å². The average Bonchev–Trinajstić information content (AvgIpc) is 2.43. The summed E-state index contributed by atoms with van der Waals surface area (Å²) < 4.78 is 20.7. The van der Waals surface area contributed by atoms with Crippen LogP contribution in [0, 0.1) is 5.82 Å². The van der Waals surface area contributed by atoms with E-state index in [0.717, 1.165) is 20.3 Å². The molecule has 2 aromatic carbocycles. The fraction of sp³-hybridized carbons (Fsp3) is 0.200. The van der Waals surface area contributed by atoms with Crippen LogP contribution in [0.15, 0.2) is 45.3 Å². The maximum absolute atomic E-state index is 13.8. The molecule has 2 aromatic rings. The first-order chi connectivity index (χ1) is 9.51. The molecule has 0 aliphatic rings. The lowest BCUT2D eigenvalue weighted by molar-refractivity contribution is 0.413. The minimum Gasteiger partial charge on any atom is -0.497 e. The molecule has 2 nitrogen and oxygen atoms in total. The van der Waals surface area contributed by atoms with Crippen LogP contribution in [-0.4, -0.2) is 7.11 Å². The molecule has 0 aliphatic carbocycles. The fourth-order valence-electron chi connectivity index (χ4n) is 1.98. The molecule has 2 N–H and O–H groups in total. The maximum atomic E-state index is 13.8. The van der Waals surface area contributed by atoms with E-state index in [0.29, 0.717) is 12.0 Å². The molecule has 5 heteroatoms. The van der Waals surface area contributed by atoms with Crippen molar-refractivity contribution < 1.29 is 9.13 Å². The molecule has 0 bridgehead atoms. The van der Waals surface area contributed by atoms with Crippen LogP contribution >= 0.6 is 31.9 Å². The Morgan fingerprint density at radius 2 is 1.95 bits per heavy atom. The fourth-order valence-corrected chi connectivity index (χ4v) is 2.93. The van der Waals surface area contributed by atoms with E-state index >= 15 is 0 Å². The van der Waals surface area contributed by atoms with Gasteiger partial charge >= 0.3 is 0 Å². The Morgan fingerprint density at radius 1 is 1.20 bits per heavy atom. The second kappa shape index (κ2) is 6.70. The van der Waals surface area contributed by atoms with Gasteiger partial charge in [0, 0.05) is 15.0 Å². The highest BCUT2D eigenvalue weighted by Gasteiger charge is 2.14. The molecule has 0 amide bonds. The first-order valence-corrected chi connectivity index (χ1v) is 7.63. The lowest BCUT2D eigenvalue weighted by atomic mass is 9.99. The molecule has 1 unspecified atom stereocenters. The Hall–Kier alpha value is -0.910. The van der Waals surface area contributed by atoms with Crippen LogP contribution in [0.1, 0.15) is 17.2 Å². The summed E-state index contributed by atoms with van der Waals surface area (Å²) in [6.45, 7) is 0. The summed E-state index contributed by atoms with van der Waals surface area (Å²) in [6.07, 6.45) is 0.414. The van der Waals surface area contributed by atoms with Crippen molar-refractivity contribution in [3.05, 3.63) is 62.3 Å². The number of halogens is 3. The Balaban J connectivity index is 2.27. The van der Waals surface area contributed by atoms with E-state index in [1.165, 1.54) is 6.07 Å². The summed E-state index contributed by atoms with van der Waals surface area (Å²) in [5.74, 6) is 0.482. The highest BCUT2D eigenvalue weighted by molar-refractivity contribution is 9.10. The van der Waals surface area contributed by atoms with E-state index in [2.05, 4.69) is 31.9 Å². The second-order valence-electron chi connectivity index (χ2n) is 4.43. The van der Waals surface area contributed by atoms with Crippen LogP contribution < -0.4 is 10.5 Å². The average molecular weight is 403 g/mol. The molecule has 2 rings (SSSR count). The van der Waals surface area contributed by atoms with Gasteiger partial charge in [-0.15, -0.1) is 0 Å². The standard InChI is InChI=1S/C15H14Br2FNO/c1-20-11-3-4-13(17)12(8-11)15(19)7-9-6-10(16)2-5-14(9)18/h2-6,8,15H,7,19H2,1H3. The van der Waals surface area contributed by atoms with Crippen molar-refractivity contribution in [3.8, 4) is 5.75 Å². The van der Waals surface area contributed by atoms with Crippen molar-refractivity contribution in [1.82, 2.24) is 0 Å². The van der Waals surface area contributed by atoms with E-state index in [4.69, 9.17) is 10.5 Å². The van der Waals surface area contributed by atoms with Gasteiger partial charge in [-0.2, -0.15) is 0 Å². The van der Waals surface area contributed by atoms with Crippen LogP contribution in [0.3, 0.4) is 0 Å². The van der Waals surface area contributed by atoms with E-state index in [1.807, 2.05) is 18.2 Å². The first-order valence-electron chi connectivity index (χ1n) is 6.04. The normalized spacial score (nSPS) is 12.2. The van der Waals surface area contributed by atoms with Gasteiger partial charge in [0.05, 0.1) is 7.11 Å². The first kappa shape index (κ1) is 15.5. The Morgan fingerprint density at radius 3 is 2.65 bits per heavy atom. The van der Waals surface area contributed by atoms with Crippen molar-refractivity contribution in [2.45, 2.75) is 12.5 Å². The third-order valence-electron chi connectivity index (χ3n) is 3.05. The maximum Gasteiger partial charge on any atom is 0.126 e. The van der Waals surface area contributed by atoms with Gasteiger partial charge in [0.2, 0.25) is 0 Å². The Bertz CT molecular complexity index is 619. The second-order valence-corrected chi connectivity index (χ2v) is 6.20. The van der Waals surface area contributed by atoms with Gasteiger partial charge in [-0.05, 0) is 53.9 Å². The van der Waals surface area contributed by atoms with Gasteiger partial charge < -0.3 is 10.5 Å². The van der Waals surface area contributed by atoms with Crippen LogP contribution in [0.25, 0.3) is 0 Å². The molecule has 20 heavy (non-hydrogen) atoms. The number of methoxy groups -OCH3 is 1. The van der Waals surface area contributed by atoms with Gasteiger partial charge in [0.1, 0.15) is 11.6 Å². The van der Waals surface area contributed by atoms with Crippen molar-refractivity contribution in [2.24, 2.45) is 5.73 Å². The molecule has 0 spiro atoms. The number of rotatable bonds is 4. The Kier molecular flexibility index (Phi) is 5.18. The van der Waals surface area contributed by atoms with Crippen molar-refractivity contribution in [2.75, 3.05) is 7.11 Å². The molecule has 0 saturated carbocycles. The highest BCUT2D eigenvalue weighted by atomic mass is 79.9.